The molecule has 0 saturated carbocycles. The van der Waals surface area contributed by atoms with Gasteiger partial charge in [0, 0.05) is 22.2 Å². The summed E-state index contributed by atoms with van der Waals surface area (Å²) in [5, 5.41) is 0. The first kappa shape index (κ1) is 14.5. The normalized spacial score (nSPS) is 13.5. The van der Waals surface area contributed by atoms with Crippen molar-refractivity contribution in [3.8, 4) is 5.88 Å². The Morgan fingerprint density at radius 3 is 2.65 bits per heavy atom. The second-order valence-corrected chi connectivity index (χ2v) is 4.32. The molecule has 17 heavy (non-hydrogen) atoms. The van der Waals surface area contributed by atoms with Crippen LogP contribution in [0.5, 0.6) is 5.88 Å². The lowest BCUT2D eigenvalue weighted by Gasteiger charge is -2.13. The Morgan fingerprint density at radius 1 is 1.53 bits per heavy atom. The molecule has 0 radical (unpaired) electrons. The third-order valence-electron chi connectivity index (χ3n) is 1.99. The summed E-state index contributed by atoms with van der Waals surface area (Å²) in [6, 6.07) is 1.51. The van der Waals surface area contributed by atoms with E-state index < -0.39 is 12.8 Å². The van der Waals surface area contributed by atoms with Crippen molar-refractivity contribution in [2.24, 2.45) is 5.73 Å². The van der Waals surface area contributed by atoms with Crippen molar-refractivity contribution in [1.82, 2.24) is 4.98 Å². The highest BCUT2D eigenvalue weighted by Crippen LogP contribution is 2.24. The highest BCUT2D eigenvalue weighted by atomic mass is 127. The molecule has 0 fully saturated rings. The van der Waals surface area contributed by atoms with Gasteiger partial charge >= 0.3 is 6.18 Å². The van der Waals surface area contributed by atoms with E-state index in [2.05, 4.69) is 9.72 Å². The molecule has 0 aliphatic rings. The van der Waals surface area contributed by atoms with E-state index >= 15 is 0 Å². The minimum Gasteiger partial charge on any atom is -0.468 e. The van der Waals surface area contributed by atoms with Gasteiger partial charge in [0.15, 0.2) is 6.61 Å². The van der Waals surface area contributed by atoms with Gasteiger partial charge in [-0.3, -0.25) is 0 Å². The highest BCUT2D eigenvalue weighted by Gasteiger charge is 2.29. The number of ether oxygens (including phenoxy) is 1. The first-order valence-corrected chi connectivity index (χ1v) is 6.36. The maximum Gasteiger partial charge on any atom is 0.422 e. The van der Waals surface area contributed by atoms with Crippen molar-refractivity contribution in [2.45, 2.75) is 23.6 Å². The number of hydrogen-bond acceptors (Lipinski definition) is 3. The molecule has 0 aliphatic carbocycles. The number of pyridine rings is 1. The molecule has 0 bridgehead atoms. The smallest absolute Gasteiger partial charge is 0.422 e. The van der Waals surface area contributed by atoms with Crippen LogP contribution in [0, 0.1) is 0 Å². The van der Waals surface area contributed by atoms with E-state index in [4.69, 9.17) is 5.73 Å². The van der Waals surface area contributed by atoms with Crippen LogP contribution in [0.25, 0.3) is 0 Å². The first-order valence-electron chi connectivity index (χ1n) is 4.83. The Morgan fingerprint density at radius 2 is 2.18 bits per heavy atom. The number of alkyl halides is 4. The second kappa shape index (κ2) is 5.85. The maximum absolute atomic E-state index is 12.0. The summed E-state index contributed by atoms with van der Waals surface area (Å²) < 4.78 is 41.2. The van der Waals surface area contributed by atoms with E-state index in [-0.39, 0.29) is 11.9 Å². The van der Waals surface area contributed by atoms with Crippen molar-refractivity contribution in [3.05, 3.63) is 23.4 Å². The van der Waals surface area contributed by atoms with E-state index in [1.807, 2.05) is 22.6 Å². The predicted octanol–water partition coefficient (Wildman–Crippen LogP) is 2.98. The zero-order valence-electron chi connectivity index (χ0n) is 9.09. The molecule has 0 amide bonds. The standard InChI is InChI=1S/C10H12F3IN2O/c1-6(15)8-2-7(3-14)9(16-4-8)17-5-10(11,12)13/h2,4,6H,3,5,15H2,1H3. The van der Waals surface area contributed by atoms with Crippen LogP contribution >= 0.6 is 22.6 Å². The lowest BCUT2D eigenvalue weighted by atomic mass is 10.1. The van der Waals surface area contributed by atoms with E-state index in [0.717, 1.165) is 5.56 Å². The Kier molecular flexibility index (Phi) is 4.99. The fraction of sp³-hybridized carbons (Fsp3) is 0.500. The van der Waals surface area contributed by atoms with Crippen molar-refractivity contribution in [2.75, 3.05) is 6.61 Å². The van der Waals surface area contributed by atoms with Crippen LogP contribution in [0.1, 0.15) is 24.1 Å². The average molecular weight is 360 g/mol. The van der Waals surface area contributed by atoms with Crippen LogP contribution in [0.15, 0.2) is 12.3 Å². The number of aromatic nitrogens is 1. The summed E-state index contributed by atoms with van der Waals surface area (Å²) in [6.45, 7) is 0.450. The van der Waals surface area contributed by atoms with E-state index in [1.165, 1.54) is 6.20 Å². The van der Waals surface area contributed by atoms with Gasteiger partial charge in [0.25, 0.3) is 0 Å². The van der Waals surface area contributed by atoms with Crippen molar-refractivity contribution >= 4 is 22.6 Å². The fourth-order valence-corrected chi connectivity index (χ4v) is 1.69. The summed E-state index contributed by atoms with van der Waals surface area (Å²) in [7, 11) is 0. The molecule has 3 nitrogen and oxygen atoms in total. The van der Waals surface area contributed by atoms with E-state index in [1.54, 1.807) is 13.0 Å². The largest absolute Gasteiger partial charge is 0.468 e. The fourth-order valence-electron chi connectivity index (χ4n) is 1.14. The molecule has 1 unspecified atom stereocenters. The molecule has 1 aromatic heterocycles. The number of nitrogens with two attached hydrogens (primary N) is 1. The monoisotopic (exact) mass is 360 g/mol. The van der Waals surface area contributed by atoms with Crippen molar-refractivity contribution in [3.63, 3.8) is 0 Å². The highest BCUT2D eigenvalue weighted by molar-refractivity contribution is 14.1. The first-order chi connectivity index (χ1) is 7.83. The predicted molar refractivity (Wildman–Crippen MR) is 66.1 cm³/mol. The lowest BCUT2D eigenvalue weighted by Crippen LogP contribution is -2.20. The van der Waals surface area contributed by atoms with Gasteiger partial charge < -0.3 is 10.5 Å². The minimum atomic E-state index is -4.36. The molecule has 1 aromatic rings. The third-order valence-corrected chi connectivity index (χ3v) is 2.81. The molecule has 1 heterocycles. The maximum atomic E-state index is 12.0. The summed E-state index contributed by atoms with van der Waals surface area (Å²) in [5.74, 6) is 0.0149. The topological polar surface area (TPSA) is 48.1 Å². The molecule has 1 rings (SSSR count). The molecular weight excluding hydrogens is 348 g/mol. The van der Waals surface area contributed by atoms with Gasteiger partial charge in [-0.05, 0) is 18.6 Å². The SMILES string of the molecule is CC(N)c1cnc(OCC(F)(F)F)c(CI)c1. The third kappa shape index (κ3) is 4.66. The van der Waals surface area contributed by atoms with Crippen LogP contribution in [0.4, 0.5) is 13.2 Å². The lowest BCUT2D eigenvalue weighted by molar-refractivity contribution is -0.154. The van der Waals surface area contributed by atoms with Crippen LogP contribution in [0.2, 0.25) is 0 Å². The van der Waals surface area contributed by atoms with Crippen molar-refractivity contribution < 1.29 is 17.9 Å². The second-order valence-electron chi connectivity index (χ2n) is 3.56. The molecule has 0 aromatic carbocycles. The molecule has 2 N–H and O–H groups in total. The van der Waals surface area contributed by atoms with Crippen LogP contribution < -0.4 is 10.5 Å². The molecule has 96 valence electrons. The number of nitrogens with zero attached hydrogens (tertiary/aromatic N) is 1. The van der Waals surface area contributed by atoms with Crippen molar-refractivity contribution in [1.29, 1.82) is 0 Å². The molecule has 1 atom stereocenters. The van der Waals surface area contributed by atoms with Gasteiger partial charge in [0.1, 0.15) is 0 Å². The number of halogens is 4. The Labute approximate surface area is 111 Å². The zero-order chi connectivity index (χ0) is 13.1. The summed E-state index contributed by atoms with van der Waals surface area (Å²) in [5.41, 5.74) is 7.06. The molecular formula is C10H12F3IN2O. The van der Waals surface area contributed by atoms with E-state index in [9.17, 15) is 13.2 Å². The van der Waals surface area contributed by atoms with Gasteiger partial charge in [-0.2, -0.15) is 13.2 Å². The van der Waals surface area contributed by atoms with Gasteiger partial charge in [-0.1, -0.05) is 22.6 Å². The minimum absolute atomic E-state index is 0.0149. The molecule has 0 aliphatic heterocycles. The van der Waals surface area contributed by atoms with Gasteiger partial charge in [-0.15, -0.1) is 0 Å². The van der Waals surface area contributed by atoms with Crippen LogP contribution in [-0.2, 0) is 4.43 Å². The quantitative estimate of drug-likeness (QED) is 0.664. The molecule has 7 heteroatoms. The Bertz CT molecular complexity index is 382. The Hall–Kier alpha value is -0.570. The summed E-state index contributed by atoms with van der Waals surface area (Å²) in [4.78, 5) is 3.87. The van der Waals surface area contributed by atoms with E-state index in [0.29, 0.717) is 9.99 Å². The Balaban J connectivity index is 2.86. The molecule has 0 saturated heterocycles. The summed E-state index contributed by atoms with van der Waals surface area (Å²) in [6.07, 6.45) is -2.92. The number of rotatable bonds is 4. The zero-order valence-corrected chi connectivity index (χ0v) is 11.2. The summed E-state index contributed by atoms with van der Waals surface area (Å²) >= 11 is 2.04. The van der Waals surface area contributed by atoms with Gasteiger partial charge in [0.05, 0.1) is 0 Å². The van der Waals surface area contributed by atoms with Crippen LogP contribution in [-0.4, -0.2) is 17.8 Å². The van der Waals surface area contributed by atoms with Gasteiger partial charge in [-0.25, -0.2) is 4.98 Å². The van der Waals surface area contributed by atoms with Crippen LogP contribution in [0.3, 0.4) is 0 Å². The average Bonchev–Trinajstić information content (AvgIpc) is 2.24. The number of hydrogen-bond donors (Lipinski definition) is 1. The molecule has 0 spiro atoms. The van der Waals surface area contributed by atoms with Gasteiger partial charge in [0.2, 0.25) is 5.88 Å².